The first-order valence-electron chi connectivity index (χ1n) is 6.80. The molecule has 0 unspecified atom stereocenters. The number of carbonyl (C=O) groups is 2. The zero-order valence-electron chi connectivity index (χ0n) is 12.0. The summed E-state index contributed by atoms with van der Waals surface area (Å²) in [5, 5.41) is 0. The normalized spacial score (nSPS) is 22.8. The largest absolute Gasteiger partial charge is 0.462 e. The Hall–Kier alpha value is -1.10. The van der Waals surface area contributed by atoms with Gasteiger partial charge in [0.2, 0.25) is 0 Å². The van der Waals surface area contributed by atoms with Crippen molar-refractivity contribution in [2.75, 3.05) is 13.2 Å². The smallest absolute Gasteiger partial charge is 0.323 e. The Bertz CT molecular complexity index is 349. The minimum Gasteiger partial charge on any atom is -0.462 e. The van der Waals surface area contributed by atoms with Gasteiger partial charge in [0.05, 0.1) is 25.4 Å². The fraction of sp³-hybridized carbons (Fsp3) is 0.857. The molecule has 1 saturated heterocycles. The van der Waals surface area contributed by atoms with Crippen LogP contribution < -0.4 is 0 Å². The minimum absolute atomic E-state index is 0.00794. The Balaban J connectivity index is 2.10. The molecule has 19 heavy (non-hydrogen) atoms. The first-order chi connectivity index (χ1) is 8.80. The maximum absolute atomic E-state index is 12.2. The van der Waals surface area contributed by atoms with Gasteiger partial charge in [-0.1, -0.05) is 0 Å². The highest BCUT2D eigenvalue weighted by Crippen LogP contribution is 2.59. The molecule has 1 spiro atoms. The molecule has 0 aromatic heterocycles. The molecule has 0 N–H and O–H groups in total. The molecule has 5 nitrogen and oxygen atoms in total. The van der Waals surface area contributed by atoms with Gasteiger partial charge < -0.3 is 14.2 Å². The summed E-state index contributed by atoms with van der Waals surface area (Å²) in [6.07, 6.45) is 0.504. The Morgan fingerprint density at radius 3 is 1.63 bits per heavy atom. The second-order valence-electron chi connectivity index (χ2n) is 6.34. The van der Waals surface area contributed by atoms with E-state index in [2.05, 4.69) is 0 Å². The van der Waals surface area contributed by atoms with Crippen LogP contribution in [0.25, 0.3) is 0 Å². The predicted octanol–water partition coefficient (Wildman–Crippen LogP) is 1.69. The van der Waals surface area contributed by atoms with E-state index in [-0.39, 0.29) is 17.6 Å². The highest BCUT2D eigenvalue weighted by Gasteiger charge is 2.67. The van der Waals surface area contributed by atoms with E-state index in [0.29, 0.717) is 26.1 Å². The Labute approximate surface area is 113 Å². The molecule has 0 amide bonds. The average Bonchev–Trinajstić information content (AvgIpc) is 2.10. The Kier molecular flexibility index (Phi) is 3.60. The van der Waals surface area contributed by atoms with E-state index in [4.69, 9.17) is 14.2 Å². The molecule has 0 atom stereocenters. The van der Waals surface area contributed by atoms with Crippen LogP contribution in [0.2, 0.25) is 0 Å². The maximum atomic E-state index is 12.2. The fourth-order valence-electron chi connectivity index (χ4n) is 2.85. The van der Waals surface area contributed by atoms with Crippen molar-refractivity contribution in [2.45, 2.75) is 52.7 Å². The van der Waals surface area contributed by atoms with Gasteiger partial charge in [0.25, 0.3) is 0 Å². The zero-order valence-corrected chi connectivity index (χ0v) is 12.0. The van der Waals surface area contributed by atoms with Crippen molar-refractivity contribution in [3.05, 3.63) is 0 Å². The van der Waals surface area contributed by atoms with E-state index in [1.54, 1.807) is 27.7 Å². The van der Waals surface area contributed by atoms with Crippen LogP contribution in [0.3, 0.4) is 0 Å². The molecule has 0 aromatic carbocycles. The highest BCUT2D eigenvalue weighted by molar-refractivity contribution is 6.01. The topological polar surface area (TPSA) is 61.8 Å². The van der Waals surface area contributed by atoms with Crippen LogP contribution in [-0.4, -0.2) is 37.4 Å². The summed E-state index contributed by atoms with van der Waals surface area (Å²) < 4.78 is 15.7. The van der Waals surface area contributed by atoms with Crippen LogP contribution in [0.4, 0.5) is 0 Å². The lowest BCUT2D eigenvalue weighted by Gasteiger charge is -2.57. The number of hydrogen-bond donors (Lipinski definition) is 0. The average molecular weight is 270 g/mol. The van der Waals surface area contributed by atoms with Crippen molar-refractivity contribution < 1.29 is 23.8 Å². The zero-order chi connectivity index (χ0) is 14.3. The van der Waals surface area contributed by atoms with Crippen LogP contribution in [0.1, 0.15) is 40.5 Å². The third-order valence-electron chi connectivity index (χ3n) is 3.64. The molecular formula is C14H22O5. The Morgan fingerprint density at radius 2 is 1.37 bits per heavy atom. The number of ether oxygens (including phenoxy) is 3. The first-order valence-corrected chi connectivity index (χ1v) is 6.80. The summed E-state index contributed by atoms with van der Waals surface area (Å²) in [5.41, 5.74) is -1.12. The lowest BCUT2D eigenvalue weighted by Crippen LogP contribution is -2.64. The fourth-order valence-corrected chi connectivity index (χ4v) is 2.85. The molecule has 108 valence electrons. The van der Waals surface area contributed by atoms with Gasteiger partial charge in [0.15, 0.2) is 5.41 Å². The molecule has 1 heterocycles. The van der Waals surface area contributed by atoms with Crippen molar-refractivity contribution in [1.82, 2.24) is 0 Å². The van der Waals surface area contributed by atoms with E-state index in [1.165, 1.54) is 0 Å². The molecule has 2 rings (SSSR count). The summed E-state index contributed by atoms with van der Waals surface area (Å²) in [4.78, 5) is 24.5. The van der Waals surface area contributed by atoms with E-state index in [0.717, 1.165) is 0 Å². The van der Waals surface area contributed by atoms with E-state index < -0.39 is 17.4 Å². The van der Waals surface area contributed by atoms with Gasteiger partial charge in [-0.05, 0) is 40.5 Å². The van der Waals surface area contributed by atoms with Crippen molar-refractivity contribution >= 4 is 11.9 Å². The molecule has 2 aliphatic rings. The quantitative estimate of drug-likeness (QED) is 0.574. The van der Waals surface area contributed by atoms with Crippen molar-refractivity contribution in [3.63, 3.8) is 0 Å². The van der Waals surface area contributed by atoms with Crippen LogP contribution in [0.15, 0.2) is 0 Å². The lowest BCUT2D eigenvalue weighted by molar-refractivity contribution is -0.233. The van der Waals surface area contributed by atoms with E-state index in [1.807, 2.05) is 0 Å². The summed E-state index contributed by atoms with van der Waals surface area (Å²) >= 11 is 0. The minimum atomic E-state index is -1.11. The van der Waals surface area contributed by atoms with Gasteiger partial charge in [-0.3, -0.25) is 9.59 Å². The SMILES string of the molecule is CC(C)OC(=O)C1(C(=O)OC(C)C)CC2(COC2)C1. The predicted molar refractivity (Wildman–Crippen MR) is 67.4 cm³/mol. The van der Waals surface area contributed by atoms with Gasteiger partial charge in [-0.2, -0.15) is 0 Å². The Morgan fingerprint density at radius 1 is 0.947 bits per heavy atom. The molecular weight excluding hydrogens is 248 g/mol. The van der Waals surface area contributed by atoms with Gasteiger partial charge >= 0.3 is 11.9 Å². The van der Waals surface area contributed by atoms with Gasteiger partial charge in [0.1, 0.15) is 0 Å². The third-order valence-corrected chi connectivity index (χ3v) is 3.64. The van der Waals surface area contributed by atoms with Crippen LogP contribution >= 0.6 is 0 Å². The van der Waals surface area contributed by atoms with Crippen LogP contribution in [0, 0.1) is 10.8 Å². The molecule has 0 radical (unpaired) electrons. The van der Waals surface area contributed by atoms with Crippen molar-refractivity contribution in [1.29, 1.82) is 0 Å². The monoisotopic (exact) mass is 270 g/mol. The summed E-state index contributed by atoms with van der Waals surface area (Å²) in [6.45, 7) is 8.36. The van der Waals surface area contributed by atoms with Crippen molar-refractivity contribution in [3.8, 4) is 0 Å². The number of hydrogen-bond acceptors (Lipinski definition) is 5. The number of rotatable bonds is 4. The summed E-state index contributed by atoms with van der Waals surface area (Å²) in [7, 11) is 0. The second-order valence-corrected chi connectivity index (χ2v) is 6.34. The molecule has 1 aliphatic carbocycles. The van der Waals surface area contributed by atoms with Gasteiger partial charge in [-0.15, -0.1) is 0 Å². The van der Waals surface area contributed by atoms with Crippen molar-refractivity contribution in [2.24, 2.45) is 10.8 Å². The number of esters is 2. The molecule has 0 bridgehead atoms. The first kappa shape index (κ1) is 14.3. The van der Waals surface area contributed by atoms with Gasteiger partial charge in [0, 0.05) is 5.41 Å². The van der Waals surface area contributed by atoms with E-state index in [9.17, 15) is 9.59 Å². The van der Waals surface area contributed by atoms with Gasteiger partial charge in [-0.25, -0.2) is 0 Å². The summed E-state index contributed by atoms with van der Waals surface area (Å²) in [6, 6.07) is 0. The number of carbonyl (C=O) groups excluding carboxylic acids is 2. The molecule has 1 aliphatic heterocycles. The molecule has 1 saturated carbocycles. The van der Waals surface area contributed by atoms with Crippen LogP contribution in [-0.2, 0) is 23.8 Å². The molecule has 2 fully saturated rings. The lowest BCUT2D eigenvalue weighted by atomic mass is 9.51. The second kappa shape index (κ2) is 4.78. The summed E-state index contributed by atoms with van der Waals surface area (Å²) in [5.74, 6) is -0.906. The standard InChI is InChI=1S/C14H22O5/c1-9(2)18-11(15)14(12(16)19-10(3)4)5-13(6-14)7-17-8-13/h9-10H,5-8H2,1-4H3. The molecule has 0 aromatic rings. The van der Waals surface area contributed by atoms with Crippen LogP contribution in [0.5, 0.6) is 0 Å². The highest BCUT2D eigenvalue weighted by atomic mass is 16.6. The third kappa shape index (κ3) is 2.48. The van der Waals surface area contributed by atoms with E-state index >= 15 is 0 Å². The maximum Gasteiger partial charge on any atom is 0.323 e. The molecule has 5 heteroatoms.